The first-order valence-electron chi connectivity index (χ1n) is 5.19. The molecule has 3 nitrogen and oxygen atoms in total. The second-order valence-electron chi connectivity index (χ2n) is 4.06. The van der Waals surface area contributed by atoms with Gasteiger partial charge in [-0.1, -0.05) is 11.6 Å². The number of nitrogens with zero attached hydrogens (tertiary/aromatic N) is 2. The van der Waals surface area contributed by atoms with E-state index in [9.17, 15) is 0 Å². The Morgan fingerprint density at radius 1 is 1.29 bits per heavy atom. The minimum atomic E-state index is 0.550. The van der Waals surface area contributed by atoms with Gasteiger partial charge in [0.05, 0.1) is 32.3 Å². The van der Waals surface area contributed by atoms with Crippen molar-refractivity contribution in [2.24, 2.45) is 0 Å². The maximum absolute atomic E-state index is 6.06. The fourth-order valence-electron chi connectivity index (χ4n) is 1.78. The Balaban J connectivity index is 2.68. The van der Waals surface area contributed by atoms with Crippen molar-refractivity contribution >= 4 is 33.2 Å². The van der Waals surface area contributed by atoms with Crippen LogP contribution in [-0.4, -0.2) is 9.78 Å². The lowest BCUT2D eigenvalue weighted by Gasteiger charge is -2.10. The smallest absolute Gasteiger partial charge is 0.0743 e. The molecule has 0 aliphatic carbocycles. The van der Waals surface area contributed by atoms with Crippen LogP contribution in [0.5, 0.6) is 0 Å². The van der Waals surface area contributed by atoms with Gasteiger partial charge in [0.25, 0.3) is 0 Å². The molecule has 5 heteroatoms. The summed E-state index contributed by atoms with van der Waals surface area (Å²) in [5.41, 5.74) is 10.4. The largest absolute Gasteiger partial charge is 0.398 e. The second kappa shape index (κ2) is 4.35. The molecule has 0 saturated carbocycles. The van der Waals surface area contributed by atoms with Crippen molar-refractivity contribution in [3.05, 3.63) is 38.6 Å². The Bertz CT molecular complexity index is 590. The molecule has 0 fully saturated rings. The summed E-state index contributed by atoms with van der Waals surface area (Å²) in [6.07, 6.45) is 0. The van der Waals surface area contributed by atoms with Gasteiger partial charge in [-0.05, 0) is 54.4 Å². The van der Waals surface area contributed by atoms with E-state index in [1.165, 1.54) is 0 Å². The number of nitrogens with two attached hydrogens (primary N) is 1. The molecule has 90 valence electrons. The topological polar surface area (TPSA) is 43.8 Å². The van der Waals surface area contributed by atoms with Gasteiger partial charge < -0.3 is 5.73 Å². The summed E-state index contributed by atoms with van der Waals surface area (Å²) in [6.45, 7) is 5.96. The van der Waals surface area contributed by atoms with Crippen molar-refractivity contribution < 1.29 is 0 Å². The van der Waals surface area contributed by atoms with Crippen molar-refractivity contribution in [3.63, 3.8) is 0 Å². The van der Waals surface area contributed by atoms with Crippen LogP contribution in [-0.2, 0) is 0 Å². The van der Waals surface area contributed by atoms with Gasteiger partial charge in [0, 0.05) is 0 Å². The molecule has 0 bridgehead atoms. The predicted octanol–water partition coefficient (Wildman–Crippen LogP) is 3.80. The summed E-state index contributed by atoms with van der Waals surface area (Å²) < 4.78 is 2.89. The van der Waals surface area contributed by atoms with Gasteiger partial charge in [-0.2, -0.15) is 5.10 Å². The number of hydrogen-bond acceptors (Lipinski definition) is 2. The third kappa shape index (κ3) is 2.07. The number of benzene rings is 1. The highest BCUT2D eigenvalue weighted by Crippen LogP contribution is 2.29. The fourth-order valence-corrected chi connectivity index (χ4v) is 2.18. The van der Waals surface area contributed by atoms with Gasteiger partial charge in [0.15, 0.2) is 0 Å². The van der Waals surface area contributed by atoms with Gasteiger partial charge in [0.1, 0.15) is 0 Å². The van der Waals surface area contributed by atoms with Gasteiger partial charge in [-0.25, -0.2) is 4.68 Å². The zero-order valence-corrected chi connectivity index (χ0v) is 12.2. The molecule has 0 spiro atoms. The molecule has 1 aromatic carbocycles. The van der Waals surface area contributed by atoms with E-state index in [4.69, 9.17) is 17.3 Å². The lowest BCUT2D eigenvalue weighted by Crippen LogP contribution is -2.03. The van der Waals surface area contributed by atoms with Crippen LogP contribution in [0, 0.1) is 20.8 Å². The number of nitrogen functional groups attached to an aromatic ring is 1. The molecule has 1 aromatic heterocycles. The van der Waals surface area contributed by atoms with Crippen molar-refractivity contribution in [2.75, 3.05) is 5.73 Å². The molecule has 1 heterocycles. The molecule has 0 radical (unpaired) electrons. The second-order valence-corrected chi connectivity index (χ2v) is 5.26. The van der Waals surface area contributed by atoms with Crippen molar-refractivity contribution in [1.29, 1.82) is 0 Å². The molecular weight excluding hydrogens is 302 g/mol. The number of halogens is 2. The molecule has 2 rings (SSSR count). The Morgan fingerprint density at radius 2 is 1.94 bits per heavy atom. The molecular formula is C12H13BrClN3. The van der Waals surface area contributed by atoms with E-state index in [1.807, 2.05) is 37.6 Å². The number of rotatable bonds is 1. The first kappa shape index (κ1) is 12.5. The first-order chi connectivity index (χ1) is 7.91. The molecule has 2 N–H and O–H groups in total. The minimum absolute atomic E-state index is 0.550. The predicted molar refractivity (Wildman–Crippen MR) is 74.9 cm³/mol. The highest BCUT2D eigenvalue weighted by Gasteiger charge is 2.13. The Kier molecular flexibility index (Phi) is 3.19. The lowest BCUT2D eigenvalue weighted by atomic mass is 10.2. The summed E-state index contributed by atoms with van der Waals surface area (Å²) in [7, 11) is 0. The summed E-state index contributed by atoms with van der Waals surface area (Å²) in [5.74, 6) is 0. The van der Waals surface area contributed by atoms with E-state index in [0.717, 1.165) is 27.1 Å². The van der Waals surface area contributed by atoms with Gasteiger partial charge in [0.2, 0.25) is 0 Å². The quantitative estimate of drug-likeness (QED) is 0.814. The van der Waals surface area contributed by atoms with E-state index in [2.05, 4.69) is 21.0 Å². The van der Waals surface area contributed by atoms with Crippen LogP contribution in [0.15, 0.2) is 16.6 Å². The van der Waals surface area contributed by atoms with Crippen LogP contribution in [0.25, 0.3) is 5.69 Å². The van der Waals surface area contributed by atoms with Crippen molar-refractivity contribution in [1.82, 2.24) is 9.78 Å². The summed E-state index contributed by atoms with van der Waals surface area (Å²) in [4.78, 5) is 0. The molecule has 2 aromatic rings. The average molecular weight is 315 g/mol. The number of aryl methyl sites for hydroxylation is 2. The maximum atomic E-state index is 6.06. The highest BCUT2D eigenvalue weighted by atomic mass is 79.9. The van der Waals surface area contributed by atoms with Crippen LogP contribution >= 0.6 is 27.5 Å². The Hall–Kier alpha value is -1.00. The third-order valence-electron chi connectivity index (χ3n) is 2.75. The zero-order valence-electron chi connectivity index (χ0n) is 9.88. The molecule has 0 aliphatic rings. The number of anilines is 1. The average Bonchev–Trinajstić information content (AvgIpc) is 2.51. The Labute approximate surface area is 114 Å². The number of hydrogen-bond donors (Lipinski definition) is 1. The summed E-state index contributed by atoms with van der Waals surface area (Å²) in [6, 6.07) is 3.71. The molecule has 17 heavy (non-hydrogen) atoms. The van der Waals surface area contributed by atoms with E-state index < -0.39 is 0 Å². The van der Waals surface area contributed by atoms with Crippen LogP contribution in [0.2, 0.25) is 5.02 Å². The zero-order chi connectivity index (χ0) is 12.7. The van der Waals surface area contributed by atoms with E-state index in [0.29, 0.717) is 10.7 Å². The first-order valence-corrected chi connectivity index (χ1v) is 6.36. The van der Waals surface area contributed by atoms with Crippen LogP contribution < -0.4 is 5.73 Å². The molecule has 0 saturated heterocycles. The highest BCUT2D eigenvalue weighted by molar-refractivity contribution is 9.10. The van der Waals surface area contributed by atoms with E-state index in [-0.39, 0.29) is 0 Å². The monoisotopic (exact) mass is 313 g/mol. The third-order valence-corrected chi connectivity index (χ3v) is 4.22. The lowest BCUT2D eigenvalue weighted by molar-refractivity contribution is 0.827. The van der Waals surface area contributed by atoms with E-state index in [1.54, 1.807) is 0 Å². The van der Waals surface area contributed by atoms with Crippen LogP contribution in [0.4, 0.5) is 5.69 Å². The Morgan fingerprint density at radius 3 is 2.47 bits per heavy atom. The molecule has 0 aliphatic heterocycles. The minimum Gasteiger partial charge on any atom is -0.398 e. The van der Waals surface area contributed by atoms with Crippen molar-refractivity contribution in [3.8, 4) is 5.69 Å². The van der Waals surface area contributed by atoms with Gasteiger partial charge in [-0.3, -0.25) is 0 Å². The van der Waals surface area contributed by atoms with Crippen LogP contribution in [0.1, 0.15) is 17.0 Å². The SMILES string of the molecule is Cc1cc(N)c(Cl)cc1-n1nc(C)c(Br)c1C. The molecule has 0 unspecified atom stereocenters. The van der Waals surface area contributed by atoms with E-state index >= 15 is 0 Å². The van der Waals surface area contributed by atoms with Gasteiger partial charge in [-0.15, -0.1) is 0 Å². The summed E-state index contributed by atoms with van der Waals surface area (Å²) >= 11 is 9.57. The fraction of sp³-hybridized carbons (Fsp3) is 0.250. The van der Waals surface area contributed by atoms with Gasteiger partial charge >= 0.3 is 0 Å². The standard InChI is InChI=1S/C12H13BrClN3/c1-6-4-10(15)9(14)5-11(6)17-8(3)12(13)7(2)16-17/h4-5H,15H2,1-3H3. The van der Waals surface area contributed by atoms with Crippen molar-refractivity contribution in [2.45, 2.75) is 20.8 Å². The molecule has 0 amide bonds. The normalized spacial score (nSPS) is 10.9. The van der Waals surface area contributed by atoms with Crippen LogP contribution in [0.3, 0.4) is 0 Å². The number of aromatic nitrogens is 2. The maximum Gasteiger partial charge on any atom is 0.0743 e. The molecule has 0 atom stereocenters. The summed E-state index contributed by atoms with van der Waals surface area (Å²) in [5, 5.41) is 5.03.